The molecule has 10 heavy (non-hydrogen) atoms. The highest BCUT2D eigenvalue weighted by molar-refractivity contribution is 5.25. The van der Waals surface area contributed by atoms with E-state index in [2.05, 4.69) is 24.3 Å². The minimum Gasteiger partial charge on any atom is -0.228 e. The zero-order valence-electron chi connectivity index (χ0n) is 5.44. The summed E-state index contributed by atoms with van der Waals surface area (Å²) in [5, 5.41) is 0. The van der Waals surface area contributed by atoms with Gasteiger partial charge in [-0.3, -0.25) is 0 Å². The van der Waals surface area contributed by atoms with Crippen molar-refractivity contribution in [3.63, 3.8) is 0 Å². The van der Waals surface area contributed by atoms with E-state index in [-0.39, 0.29) is 12.2 Å². The van der Waals surface area contributed by atoms with Crippen LogP contribution in [0.25, 0.3) is 0 Å². The molecule has 1 saturated heterocycles. The predicted octanol–water partition coefficient (Wildman–Crippen LogP) is 1.06. The first kappa shape index (κ1) is 5.10. The van der Waals surface area contributed by atoms with E-state index in [0.29, 0.717) is 11.8 Å². The highest BCUT2D eigenvalue weighted by Crippen LogP contribution is 2.42. The van der Waals surface area contributed by atoms with Gasteiger partial charge in [-0.2, -0.15) is 0 Å². The lowest BCUT2D eigenvalue weighted by Crippen LogP contribution is -2.48. The molecule has 0 aromatic rings. The fraction of sp³-hybridized carbons (Fsp3) is 0.500. The third kappa shape index (κ3) is 0.435. The molecule has 4 atom stereocenters. The van der Waals surface area contributed by atoms with Gasteiger partial charge < -0.3 is 0 Å². The molecule has 0 N–H and O–H groups in total. The van der Waals surface area contributed by atoms with Crippen LogP contribution in [0, 0.1) is 11.8 Å². The highest BCUT2D eigenvalue weighted by atomic mass is 17.2. The Morgan fingerprint density at radius 1 is 0.700 bits per heavy atom. The van der Waals surface area contributed by atoms with Crippen LogP contribution in [0.5, 0.6) is 0 Å². The summed E-state index contributed by atoms with van der Waals surface area (Å²) in [6.07, 6.45) is 8.99. The SMILES string of the molecule is C1=CC2OOC1C1C=CC21. The fourth-order valence-electron chi connectivity index (χ4n) is 1.82. The zero-order chi connectivity index (χ0) is 6.55. The minimum atomic E-state index is 0.194. The van der Waals surface area contributed by atoms with Crippen LogP contribution in [0.15, 0.2) is 24.3 Å². The average molecular weight is 136 g/mol. The summed E-state index contributed by atoms with van der Waals surface area (Å²) in [5.41, 5.74) is 0. The van der Waals surface area contributed by atoms with E-state index < -0.39 is 0 Å². The first-order valence-corrected chi connectivity index (χ1v) is 3.64. The maximum Gasteiger partial charge on any atom is 0.118 e. The van der Waals surface area contributed by atoms with Gasteiger partial charge in [0, 0.05) is 11.8 Å². The maximum absolute atomic E-state index is 5.07. The minimum absolute atomic E-state index is 0.194. The van der Waals surface area contributed by atoms with E-state index in [4.69, 9.17) is 9.78 Å². The third-order valence-corrected chi connectivity index (χ3v) is 2.53. The van der Waals surface area contributed by atoms with Crippen molar-refractivity contribution in [1.82, 2.24) is 0 Å². The van der Waals surface area contributed by atoms with Crippen molar-refractivity contribution in [3.05, 3.63) is 24.3 Å². The van der Waals surface area contributed by atoms with Gasteiger partial charge in [-0.25, -0.2) is 9.78 Å². The molecule has 4 unspecified atom stereocenters. The van der Waals surface area contributed by atoms with Crippen molar-refractivity contribution in [2.24, 2.45) is 11.8 Å². The van der Waals surface area contributed by atoms with Gasteiger partial charge in [-0.15, -0.1) is 0 Å². The lowest BCUT2D eigenvalue weighted by molar-refractivity contribution is -0.382. The van der Waals surface area contributed by atoms with Gasteiger partial charge in [0.05, 0.1) is 0 Å². The standard InChI is InChI=1S/C8H8O2/c1-2-6-5(1)7-3-4-8(6)10-9-7/h1-8H. The molecule has 1 fully saturated rings. The van der Waals surface area contributed by atoms with Gasteiger partial charge in [0.25, 0.3) is 0 Å². The van der Waals surface area contributed by atoms with Crippen LogP contribution in [0.1, 0.15) is 0 Å². The Balaban J connectivity index is 2.05. The third-order valence-electron chi connectivity index (χ3n) is 2.53. The van der Waals surface area contributed by atoms with Gasteiger partial charge in [-0.05, 0) is 0 Å². The summed E-state index contributed by atoms with van der Waals surface area (Å²) >= 11 is 0. The van der Waals surface area contributed by atoms with E-state index in [1.807, 2.05) is 0 Å². The summed E-state index contributed by atoms with van der Waals surface area (Å²) in [6, 6.07) is 0. The summed E-state index contributed by atoms with van der Waals surface area (Å²) in [6.45, 7) is 0. The van der Waals surface area contributed by atoms with Crippen molar-refractivity contribution >= 4 is 0 Å². The Morgan fingerprint density at radius 3 is 1.40 bits per heavy atom. The van der Waals surface area contributed by atoms with Crippen molar-refractivity contribution in [1.29, 1.82) is 0 Å². The second kappa shape index (κ2) is 1.52. The molecule has 4 aliphatic rings. The van der Waals surface area contributed by atoms with Gasteiger partial charge >= 0.3 is 0 Å². The molecule has 2 nitrogen and oxygen atoms in total. The van der Waals surface area contributed by atoms with Crippen molar-refractivity contribution in [2.75, 3.05) is 0 Å². The van der Waals surface area contributed by atoms with Crippen LogP contribution in [-0.4, -0.2) is 12.2 Å². The second-order valence-electron chi connectivity index (χ2n) is 3.05. The Bertz CT molecular complexity index is 197. The largest absolute Gasteiger partial charge is 0.228 e. The number of hydrogen-bond donors (Lipinski definition) is 0. The molecule has 0 saturated carbocycles. The molecular weight excluding hydrogens is 128 g/mol. The zero-order valence-corrected chi connectivity index (χ0v) is 5.44. The molecule has 2 heterocycles. The number of hydrogen-bond acceptors (Lipinski definition) is 2. The van der Waals surface area contributed by atoms with Crippen LogP contribution in [-0.2, 0) is 9.78 Å². The van der Waals surface area contributed by atoms with E-state index >= 15 is 0 Å². The molecule has 2 heteroatoms. The second-order valence-corrected chi connectivity index (χ2v) is 3.05. The summed E-state index contributed by atoms with van der Waals surface area (Å²) in [7, 11) is 0. The maximum atomic E-state index is 5.07. The molecule has 0 amide bonds. The van der Waals surface area contributed by atoms with Crippen molar-refractivity contribution < 1.29 is 9.78 Å². The first-order chi connectivity index (χ1) is 4.95. The summed E-state index contributed by atoms with van der Waals surface area (Å²) in [5.74, 6) is 1.20. The Hall–Kier alpha value is -0.600. The number of rotatable bonds is 0. The van der Waals surface area contributed by atoms with Crippen LogP contribution in [0.3, 0.4) is 0 Å². The lowest BCUT2D eigenvalue weighted by Gasteiger charge is -2.45. The lowest BCUT2D eigenvalue weighted by atomic mass is 9.71. The number of fused-ring (bicyclic) bond motifs is 1. The molecule has 0 aromatic heterocycles. The van der Waals surface area contributed by atoms with Gasteiger partial charge in [0.15, 0.2) is 0 Å². The quantitative estimate of drug-likeness (QED) is 0.366. The molecule has 2 aliphatic heterocycles. The first-order valence-electron chi connectivity index (χ1n) is 3.64. The van der Waals surface area contributed by atoms with Crippen molar-refractivity contribution in [2.45, 2.75) is 12.2 Å². The van der Waals surface area contributed by atoms with Gasteiger partial charge in [-0.1, -0.05) is 24.3 Å². The Morgan fingerprint density at radius 2 is 1.20 bits per heavy atom. The smallest absolute Gasteiger partial charge is 0.118 e. The fourth-order valence-corrected chi connectivity index (χ4v) is 1.82. The summed E-state index contributed by atoms with van der Waals surface area (Å²) < 4.78 is 0. The van der Waals surface area contributed by atoms with Gasteiger partial charge in [0.1, 0.15) is 12.2 Å². The molecule has 2 bridgehead atoms. The molecule has 52 valence electrons. The monoisotopic (exact) mass is 136 g/mol. The van der Waals surface area contributed by atoms with Crippen LogP contribution in [0.4, 0.5) is 0 Å². The Labute approximate surface area is 59.1 Å². The molecular formula is C8H8O2. The molecule has 4 rings (SSSR count). The molecule has 2 aliphatic carbocycles. The molecule has 0 radical (unpaired) electrons. The van der Waals surface area contributed by atoms with Crippen LogP contribution < -0.4 is 0 Å². The Kier molecular flexibility index (Phi) is 0.775. The normalized spacial score (nSPS) is 54.4. The molecule has 0 aromatic carbocycles. The predicted molar refractivity (Wildman–Crippen MR) is 35.0 cm³/mol. The van der Waals surface area contributed by atoms with Crippen LogP contribution >= 0.6 is 0 Å². The van der Waals surface area contributed by atoms with E-state index in [1.54, 1.807) is 0 Å². The van der Waals surface area contributed by atoms with Gasteiger partial charge in [0.2, 0.25) is 0 Å². The van der Waals surface area contributed by atoms with Crippen molar-refractivity contribution in [3.8, 4) is 0 Å². The highest BCUT2D eigenvalue weighted by Gasteiger charge is 2.44. The average Bonchev–Trinajstić information content (AvgIpc) is 1.88. The topological polar surface area (TPSA) is 18.5 Å². The van der Waals surface area contributed by atoms with Crippen LogP contribution in [0.2, 0.25) is 0 Å². The molecule has 0 spiro atoms. The van der Waals surface area contributed by atoms with E-state index in [1.165, 1.54) is 0 Å². The summed E-state index contributed by atoms with van der Waals surface area (Å²) in [4.78, 5) is 10.1. The van der Waals surface area contributed by atoms with E-state index in [0.717, 1.165) is 0 Å². The van der Waals surface area contributed by atoms with E-state index in [9.17, 15) is 0 Å².